The lowest BCUT2D eigenvalue weighted by atomic mass is 9.87. The van der Waals surface area contributed by atoms with E-state index < -0.39 is 0 Å². The molecule has 0 aliphatic rings. The number of halogens is 2. The van der Waals surface area contributed by atoms with Gasteiger partial charge >= 0.3 is 0 Å². The summed E-state index contributed by atoms with van der Waals surface area (Å²) in [5.74, 6) is 1.21. The zero-order chi connectivity index (χ0) is 12.5. The van der Waals surface area contributed by atoms with E-state index in [0.717, 1.165) is 17.3 Å². The van der Waals surface area contributed by atoms with Crippen molar-refractivity contribution in [3.63, 3.8) is 0 Å². The first-order chi connectivity index (χ1) is 7.34. The van der Waals surface area contributed by atoms with Crippen LogP contribution in [0.1, 0.15) is 32.0 Å². The molecule has 2 atom stereocenters. The minimum Gasteiger partial charge on any atom is -0.257 e. The molecule has 1 heterocycles. The van der Waals surface area contributed by atoms with Crippen LogP contribution in [-0.4, -0.2) is 14.6 Å². The quantitative estimate of drug-likeness (QED) is 0.769. The molecule has 0 saturated heterocycles. The third kappa shape index (κ3) is 3.01. The third-order valence-electron chi connectivity index (χ3n) is 3.16. The van der Waals surface area contributed by atoms with Crippen molar-refractivity contribution in [2.45, 2.75) is 38.9 Å². The van der Waals surface area contributed by atoms with Crippen molar-refractivity contribution in [3.8, 4) is 0 Å². The van der Waals surface area contributed by atoms with E-state index in [4.69, 9.17) is 11.6 Å². The zero-order valence-corrected chi connectivity index (χ0v) is 12.9. The maximum Gasteiger partial charge on any atom is 0.130 e. The summed E-state index contributed by atoms with van der Waals surface area (Å²) in [7, 11) is 1.89. The molecule has 0 spiro atoms. The Morgan fingerprint density at radius 1 is 1.38 bits per heavy atom. The van der Waals surface area contributed by atoms with E-state index >= 15 is 0 Å². The monoisotopic (exact) mass is 306 g/mol. The Morgan fingerprint density at radius 3 is 2.25 bits per heavy atom. The molecule has 1 rings (SSSR count). The maximum atomic E-state index is 6.25. The van der Waals surface area contributed by atoms with E-state index in [1.54, 1.807) is 4.68 Å². The lowest BCUT2D eigenvalue weighted by Crippen LogP contribution is -2.20. The average Bonchev–Trinajstić information content (AvgIpc) is 2.38. The SMILES string of the molecule is Cc1nn(C)c(Cl)c1CC(C(C)C)C(C)Br. The van der Waals surface area contributed by atoms with Crippen molar-refractivity contribution in [1.29, 1.82) is 0 Å². The second-order valence-corrected chi connectivity index (χ2v) is 6.57. The van der Waals surface area contributed by atoms with Gasteiger partial charge < -0.3 is 0 Å². The maximum absolute atomic E-state index is 6.25. The van der Waals surface area contributed by atoms with E-state index in [0.29, 0.717) is 16.7 Å². The van der Waals surface area contributed by atoms with Crippen LogP contribution in [0.2, 0.25) is 5.15 Å². The Balaban J connectivity index is 2.93. The Hall–Kier alpha value is -0.0200. The van der Waals surface area contributed by atoms with Crippen molar-refractivity contribution in [2.24, 2.45) is 18.9 Å². The molecule has 0 fully saturated rings. The van der Waals surface area contributed by atoms with Gasteiger partial charge in [-0.3, -0.25) is 4.68 Å². The second kappa shape index (κ2) is 5.54. The van der Waals surface area contributed by atoms with Gasteiger partial charge in [-0.15, -0.1) is 0 Å². The van der Waals surface area contributed by atoms with Gasteiger partial charge in [0.05, 0.1) is 5.69 Å². The zero-order valence-electron chi connectivity index (χ0n) is 10.6. The van der Waals surface area contributed by atoms with Gasteiger partial charge in [-0.25, -0.2) is 0 Å². The van der Waals surface area contributed by atoms with Crippen molar-refractivity contribution in [3.05, 3.63) is 16.4 Å². The van der Waals surface area contributed by atoms with Crippen LogP contribution in [0.25, 0.3) is 0 Å². The summed E-state index contributed by atoms with van der Waals surface area (Å²) in [4.78, 5) is 0.489. The molecule has 0 saturated carbocycles. The topological polar surface area (TPSA) is 17.8 Å². The highest BCUT2D eigenvalue weighted by atomic mass is 79.9. The molecule has 0 radical (unpaired) electrons. The van der Waals surface area contributed by atoms with Gasteiger partial charge in [0.25, 0.3) is 0 Å². The predicted molar refractivity (Wildman–Crippen MR) is 73.4 cm³/mol. The first kappa shape index (κ1) is 14.0. The van der Waals surface area contributed by atoms with E-state index in [9.17, 15) is 0 Å². The van der Waals surface area contributed by atoms with Gasteiger partial charge in [0.2, 0.25) is 0 Å². The third-order valence-corrected chi connectivity index (χ3v) is 4.31. The van der Waals surface area contributed by atoms with E-state index in [2.05, 4.69) is 41.8 Å². The molecule has 0 amide bonds. The van der Waals surface area contributed by atoms with Crippen LogP contribution in [0.5, 0.6) is 0 Å². The highest BCUT2D eigenvalue weighted by Crippen LogP contribution is 2.29. The molecule has 4 heteroatoms. The number of hydrogen-bond acceptors (Lipinski definition) is 1. The van der Waals surface area contributed by atoms with Crippen LogP contribution in [0.15, 0.2) is 0 Å². The van der Waals surface area contributed by atoms with Crippen molar-refractivity contribution >= 4 is 27.5 Å². The van der Waals surface area contributed by atoms with E-state index in [1.165, 1.54) is 5.56 Å². The molecule has 92 valence electrons. The molecule has 0 aliphatic heterocycles. The Morgan fingerprint density at radius 2 is 1.94 bits per heavy atom. The summed E-state index contributed by atoms with van der Waals surface area (Å²) in [6.07, 6.45) is 0.989. The highest BCUT2D eigenvalue weighted by molar-refractivity contribution is 9.09. The molecular formula is C12H20BrClN2. The van der Waals surface area contributed by atoms with Crippen LogP contribution >= 0.6 is 27.5 Å². The van der Waals surface area contributed by atoms with E-state index in [-0.39, 0.29) is 0 Å². The molecule has 1 aromatic heterocycles. The summed E-state index contributed by atoms with van der Waals surface area (Å²) in [5, 5.41) is 5.13. The molecule has 16 heavy (non-hydrogen) atoms. The van der Waals surface area contributed by atoms with Gasteiger partial charge in [0, 0.05) is 17.4 Å². The fourth-order valence-electron chi connectivity index (χ4n) is 2.07. The number of aromatic nitrogens is 2. The number of rotatable bonds is 4. The smallest absolute Gasteiger partial charge is 0.130 e. The Kier molecular flexibility index (Phi) is 4.87. The molecule has 1 aromatic rings. The normalized spacial score (nSPS) is 15.5. The lowest BCUT2D eigenvalue weighted by Gasteiger charge is -2.23. The van der Waals surface area contributed by atoms with Crippen LogP contribution < -0.4 is 0 Å². The van der Waals surface area contributed by atoms with Crippen molar-refractivity contribution < 1.29 is 0 Å². The second-order valence-electron chi connectivity index (χ2n) is 4.77. The summed E-state index contributed by atoms with van der Waals surface area (Å²) in [6, 6.07) is 0. The minimum atomic E-state index is 0.489. The molecule has 2 unspecified atom stereocenters. The summed E-state index contributed by atoms with van der Waals surface area (Å²) in [6.45, 7) is 8.73. The average molecular weight is 308 g/mol. The van der Waals surface area contributed by atoms with Gasteiger partial charge in [-0.05, 0) is 25.2 Å². The Labute approximate surface area is 111 Å². The first-order valence-electron chi connectivity index (χ1n) is 5.66. The largest absolute Gasteiger partial charge is 0.257 e. The molecule has 0 N–H and O–H groups in total. The molecule has 0 aromatic carbocycles. The number of aryl methyl sites for hydroxylation is 2. The molecule has 2 nitrogen and oxygen atoms in total. The Bertz CT molecular complexity index is 350. The van der Waals surface area contributed by atoms with Crippen LogP contribution in [0.4, 0.5) is 0 Å². The summed E-state index contributed by atoms with van der Waals surface area (Å²) >= 11 is 9.94. The fraction of sp³-hybridized carbons (Fsp3) is 0.750. The fourth-order valence-corrected chi connectivity index (χ4v) is 3.12. The highest BCUT2D eigenvalue weighted by Gasteiger charge is 2.23. The number of hydrogen-bond donors (Lipinski definition) is 0. The van der Waals surface area contributed by atoms with Crippen LogP contribution in [0, 0.1) is 18.8 Å². The molecule has 0 aliphatic carbocycles. The van der Waals surface area contributed by atoms with Crippen molar-refractivity contribution in [2.75, 3.05) is 0 Å². The van der Waals surface area contributed by atoms with Gasteiger partial charge in [0.15, 0.2) is 0 Å². The number of alkyl halides is 1. The molecule has 0 bridgehead atoms. The van der Waals surface area contributed by atoms with Gasteiger partial charge in [-0.1, -0.05) is 48.3 Å². The first-order valence-corrected chi connectivity index (χ1v) is 6.96. The standard InChI is InChI=1S/C12H20BrClN2/c1-7(2)10(8(3)13)6-11-9(4)15-16(5)12(11)14/h7-8,10H,6H2,1-5H3. The van der Waals surface area contributed by atoms with Gasteiger partial charge in [0.1, 0.15) is 5.15 Å². The van der Waals surface area contributed by atoms with Crippen LogP contribution in [-0.2, 0) is 13.5 Å². The number of nitrogens with zero attached hydrogens (tertiary/aromatic N) is 2. The minimum absolute atomic E-state index is 0.489. The van der Waals surface area contributed by atoms with Crippen molar-refractivity contribution in [1.82, 2.24) is 9.78 Å². The van der Waals surface area contributed by atoms with Crippen LogP contribution in [0.3, 0.4) is 0 Å². The summed E-state index contributed by atoms with van der Waals surface area (Å²) < 4.78 is 1.75. The van der Waals surface area contributed by atoms with Gasteiger partial charge in [-0.2, -0.15) is 5.10 Å². The predicted octanol–water partition coefficient (Wildman–Crippen LogP) is 3.98. The lowest BCUT2D eigenvalue weighted by molar-refractivity contribution is 0.383. The molecular weight excluding hydrogens is 288 g/mol. The van der Waals surface area contributed by atoms with E-state index in [1.807, 2.05) is 14.0 Å². The summed E-state index contributed by atoms with van der Waals surface area (Å²) in [5.41, 5.74) is 2.24.